The summed E-state index contributed by atoms with van der Waals surface area (Å²) in [7, 11) is 1.47. The van der Waals surface area contributed by atoms with E-state index in [4.69, 9.17) is 9.84 Å². The molecule has 6 heteroatoms. The standard InChI is InChI=1S/C15H19NO5/c1-4-12(15(19)20)16-14(18)8-11-7-10(9(2)17)5-6-13(11)21-3/h5-7,12H,4,8H2,1-3H3,(H,16,18)(H,19,20). The largest absolute Gasteiger partial charge is 0.496 e. The molecular weight excluding hydrogens is 274 g/mol. The van der Waals surface area contributed by atoms with Crippen LogP contribution in [0.5, 0.6) is 5.75 Å². The Hall–Kier alpha value is -2.37. The molecule has 0 aliphatic heterocycles. The van der Waals surface area contributed by atoms with Crippen molar-refractivity contribution in [2.75, 3.05) is 7.11 Å². The van der Waals surface area contributed by atoms with Crippen LogP contribution in [0.4, 0.5) is 0 Å². The summed E-state index contributed by atoms with van der Waals surface area (Å²) in [6, 6.07) is 3.91. The molecule has 0 aromatic heterocycles. The first-order chi connectivity index (χ1) is 9.88. The fourth-order valence-electron chi connectivity index (χ4n) is 1.89. The monoisotopic (exact) mass is 293 g/mol. The normalized spacial score (nSPS) is 11.6. The maximum Gasteiger partial charge on any atom is 0.326 e. The van der Waals surface area contributed by atoms with Crippen LogP contribution in [0.1, 0.15) is 36.2 Å². The van der Waals surface area contributed by atoms with Crippen molar-refractivity contribution in [1.82, 2.24) is 5.32 Å². The molecule has 2 N–H and O–H groups in total. The molecule has 0 saturated heterocycles. The zero-order chi connectivity index (χ0) is 16.0. The van der Waals surface area contributed by atoms with Gasteiger partial charge in [0, 0.05) is 11.1 Å². The highest BCUT2D eigenvalue weighted by Gasteiger charge is 2.19. The predicted octanol–water partition coefficient (Wildman–Crippen LogP) is 1.42. The average molecular weight is 293 g/mol. The third kappa shape index (κ3) is 4.59. The molecule has 1 rings (SSSR count). The molecule has 0 fully saturated rings. The molecule has 0 saturated carbocycles. The lowest BCUT2D eigenvalue weighted by atomic mass is 10.0. The molecular formula is C15H19NO5. The van der Waals surface area contributed by atoms with Crippen molar-refractivity contribution in [1.29, 1.82) is 0 Å². The van der Waals surface area contributed by atoms with Gasteiger partial charge in [0.2, 0.25) is 5.91 Å². The molecule has 0 bridgehead atoms. The summed E-state index contributed by atoms with van der Waals surface area (Å²) in [4.78, 5) is 34.2. The summed E-state index contributed by atoms with van der Waals surface area (Å²) in [6.45, 7) is 3.11. The molecule has 114 valence electrons. The average Bonchev–Trinajstić information content (AvgIpc) is 2.44. The number of nitrogens with one attached hydrogen (secondary N) is 1. The van der Waals surface area contributed by atoms with Crippen molar-refractivity contribution < 1.29 is 24.2 Å². The minimum absolute atomic E-state index is 0.0475. The first-order valence-corrected chi connectivity index (χ1v) is 6.59. The topological polar surface area (TPSA) is 92.7 Å². The Kier molecular flexibility index (Phi) is 5.90. The smallest absolute Gasteiger partial charge is 0.326 e. The van der Waals surface area contributed by atoms with E-state index < -0.39 is 17.9 Å². The van der Waals surface area contributed by atoms with Gasteiger partial charge in [-0.05, 0) is 31.5 Å². The number of methoxy groups -OCH3 is 1. The lowest BCUT2D eigenvalue weighted by molar-refractivity contribution is -0.141. The van der Waals surface area contributed by atoms with Crippen LogP contribution in [0.3, 0.4) is 0 Å². The minimum atomic E-state index is -1.07. The molecule has 6 nitrogen and oxygen atoms in total. The first-order valence-electron chi connectivity index (χ1n) is 6.59. The van der Waals surface area contributed by atoms with Crippen molar-refractivity contribution in [2.24, 2.45) is 0 Å². The van der Waals surface area contributed by atoms with Gasteiger partial charge >= 0.3 is 5.97 Å². The van der Waals surface area contributed by atoms with E-state index in [0.717, 1.165) is 0 Å². The van der Waals surface area contributed by atoms with Crippen LogP contribution in [0.25, 0.3) is 0 Å². The molecule has 0 radical (unpaired) electrons. The maximum absolute atomic E-state index is 11.9. The van der Waals surface area contributed by atoms with E-state index in [-0.39, 0.29) is 12.2 Å². The van der Waals surface area contributed by atoms with Gasteiger partial charge in [-0.1, -0.05) is 6.92 Å². The van der Waals surface area contributed by atoms with E-state index in [0.29, 0.717) is 23.3 Å². The van der Waals surface area contributed by atoms with Gasteiger partial charge < -0.3 is 15.2 Å². The number of hydrogen-bond acceptors (Lipinski definition) is 4. The number of ether oxygens (including phenoxy) is 1. The van der Waals surface area contributed by atoms with E-state index >= 15 is 0 Å². The van der Waals surface area contributed by atoms with Crippen LogP contribution < -0.4 is 10.1 Å². The van der Waals surface area contributed by atoms with Crippen LogP contribution >= 0.6 is 0 Å². The number of amides is 1. The second-order valence-electron chi connectivity index (χ2n) is 4.63. The zero-order valence-corrected chi connectivity index (χ0v) is 12.3. The maximum atomic E-state index is 11.9. The third-order valence-electron chi connectivity index (χ3n) is 3.08. The van der Waals surface area contributed by atoms with Crippen LogP contribution in [0.2, 0.25) is 0 Å². The van der Waals surface area contributed by atoms with Gasteiger partial charge in [0.1, 0.15) is 11.8 Å². The van der Waals surface area contributed by atoms with Crippen molar-refractivity contribution in [2.45, 2.75) is 32.7 Å². The highest BCUT2D eigenvalue weighted by Crippen LogP contribution is 2.21. The number of carbonyl (C=O) groups is 3. The van der Waals surface area contributed by atoms with Crippen LogP contribution in [0, 0.1) is 0 Å². The Labute approximate surface area is 123 Å². The molecule has 0 aliphatic carbocycles. The summed E-state index contributed by atoms with van der Waals surface area (Å²) in [5.41, 5.74) is 1.02. The van der Waals surface area contributed by atoms with E-state index in [1.807, 2.05) is 0 Å². The number of carbonyl (C=O) groups excluding carboxylic acids is 2. The highest BCUT2D eigenvalue weighted by atomic mass is 16.5. The van der Waals surface area contributed by atoms with Crippen molar-refractivity contribution >= 4 is 17.7 Å². The summed E-state index contributed by atoms with van der Waals surface area (Å²) in [5.74, 6) is -1.13. The molecule has 1 atom stereocenters. The van der Waals surface area contributed by atoms with Gasteiger partial charge in [0.25, 0.3) is 0 Å². The number of rotatable bonds is 7. The zero-order valence-electron chi connectivity index (χ0n) is 12.3. The summed E-state index contributed by atoms with van der Waals surface area (Å²) in [5, 5.41) is 11.4. The molecule has 21 heavy (non-hydrogen) atoms. The fraction of sp³-hybridized carbons (Fsp3) is 0.400. The second-order valence-corrected chi connectivity index (χ2v) is 4.63. The Balaban J connectivity index is 2.90. The minimum Gasteiger partial charge on any atom is -0.496 e. The van der Waals surface area contributed by atoms with E-state index in [1.54, 1.807) is 25.1 Å². The Morgan fingerprint density at radius 2 is 2.00 bits per heavy atom. The molecule has 1 aromatic rings. The van der Waals surface area contributed by atoms with Gasteiger partial charge in [-0.15, -0.1) is 0 Å². The van der Waals surface area contributed by atoms with Crippen LogP contribution in [-0.2, 0) is 16.0 Å². The van der Waals surface area contributed by atoms with E-state index in [1.165, 1.54) is 14.0 Å². The number of hydrogen-bond donors (Lipinski definition) is 2. The van der Waals surface area contributed by atoms with Gasteiger partial charge in [-0.3, -0.25) is 9.59 Å². The highest BCUT2D eigenvalue weighted by molar-refractivity contribution is 5.95. The molecule has 1 unspecified atom stereocenters. The lowest BCUT2D eigenvalue weighted by Crippen LogP contribution is -2.41. The third-order valence-corrected chi connectivity index (χ3v) is 3.08. The van der Waals surface area contributed by atoms with Crippen LogP contribution in [0.15, 0.2) is 18.2 Å². The van der Waals surface area contributed by atoms with Gasteiger partial charge in [0.15, 0.2) is 5.78 Å². The second kappa shape index (κ2) is 7.42. The van der Waals surface area contributed by atoms with Gasteiger partial charge in [-0.2, -0.15) is 0 Å². The number of benzene rings is 1. The van der Waals surface area contributed by atoms with E-state index in [2.05, 4.69) is 5.32 Å². The molecule has 1 aromatic carbocycles. The molecule has 0 heterocycles. The Morgan fingerprint density at radius 3 is 2.48 bits per heavy atom. The van der Waals surface area contributed by atoms with E-state index in [9.17, 15) is 14.4 Å². The Morgan fingerprint density at radius 1 is 1.33 bits per heavy atom. The molecule has 0 aliphatic rings. The lowest BCUT2D eigenvalue weighted by Gasteiger charge is -2.14. The number of Topliss-reactive ketones (excluding diaryl/α,β-unsaturated/α-hetero) is 1. The quantitative estimate of drug-likeness (QED) is 0.742. The van der Waals surface area contributed by atoms with Crippen molar-refractivity contribution in [3.63, 3.8) is 0 Å². The number of ketones is 1. The summed E-state index contributed by atoms with van der Waals surface area (Å²) in [6.07, 6.45) is 0.250. The van der Waals surface area contributed by atoms with Gasteiger partial charge in [0.05, 0.1) is 13.5 Å². The fourth-order valence-corrected chi connectivity index (χ4v) is 1.89. The molecule has 0 spiro atoms. The predicted molar refractivity (Wildman–Crippen MR) is 76.6 cm³/mol. The van der Waals surface area contributed by atoms with Crippen LogP contribution in [-0.4, -0.2) is 35.9 Å². The number of carboxylic acid groups (broad SMARTS) is 1. The Bertz CT molecular complexity index is 553. The summed E-state index contributed by atoms with van der Waals surface area (Å²) < 4.78 is 5.15. The number of aliphatic carboxylic acids is 1. The number of carboxylic acids is 1. The molecule has 1 amide bonds. The van der Waals surface area contributed by atoms with Crippen molar-refractivity contribution in [3.05, 3.63) is 29.3 Å². The van der Waals surface area contributed by atoms with Crippen molar-refractivity contribution in [3.8, 4) is 5.75 Å². The first kappa shape index (κ1) is 16.7. The SMILES string of the molecule is CCC(NC(=O)Cc1cc(C(C)=O)ccc1OC)C(=O)O. The summed E-state index contributed by atoms with van der Waals surface area (Å²) >= 11 is 0. The van der Waals surface area contributed by atoms with Gasteiger partial charge in [-0.25, -0.2) is 4.79 Å².